The molecular formula is C14H34O2SSi2. The van der Waals surface area contributed by atoms with Crippen molar-refractivity contribution in [3.05, 3.63) is 0 Å². The van der Waals surface area contributed by atoms with Crippen LogP contribution in [0.2, 0.25) is 30.7 Å². The van der Waals surface area contributed by atoms with Crippen LogP contribution in [-0.4, -0.2) is 34.7 Å². The van der Waals surface area contributed by atoms with E-state index in [4.69, 9.17) is 8.85 Å². The number of hydrogen-bond donors (Lipinski definition) is 1. The monoisotopic (exact) mass is 322 g/mol. The summed E-state index contributed by atoms with van der Waals surface area (Å²) in [5, 5.41) is 0. The molecular weight excluding hydrogens is 288 g/mol. The van der Waals surface area contributed by atoms with Gasteiger partial charge in [0.25, 0.3) is 0 Å². The minimum absolute atomic E-state index is 0.413. The Kier molecular flexibility index (Phi) is 9.96. The van der Waals surface area contributed by atoms with Crippen molar-refractivity contribution >= 4 is 29.3 Å². The lowest BCUT2D eigenvalue weighted by molar-refractivity contribution is 0.164. The van der Waals surface area contributed by atoms with E-state index >= 15 is 0 Å². The smallest absolute Gasteiger partial charge is 0.334 e. The van der Waals surface area contributed by atoms with Crippen LogP contribution in [0.15, 0.2) is 0 Å². The molecule has 0 rings (SSSR count). The summed E-state index contributed by atoms with van der Waals surface area (Å²) in [5.74, 6) is 0.922. The first-order chi connectivity index (χ1) is 8.93. The molecule has 0 aliphatic heterocycles. The molecule has 0 aliphatic rings. The molecule has 116 valence electrons. The van der Waals surface area contributed by atoms with E-state index in [1.165, 1.54) is 18.1 Å². The predicted octanol–water partition coefficient (Wildman–Crippen LogP) is 4.87. The summed E-state index contributed by atoms with van der Waals surface area (Å²) in [6, 6.07) is 5.00. The van der Waals surface area contributed by atoms with Crippen molar-refractivity contribution < 1.29 is 8.85 Å². The molecule has 0 aromatic rings. The molecule has 0 amide bonds. The van der Waals surface area contributed by atoms with Crippen LogP contribution in [0.25, 0.3) is 0 Å². The molecule has 0 fully saturated rings. The van der Waals surface area contributed by atoms with Gasteiger partial charge in [0.1, 0.15) is 0 Å². The van der Waals surface area contributed by atoms with Gasteiger partial charge in [0.05, 0.1) is 8.07 Å². The van der Waals surface area contributed by atoms with Crippen molar-refractivity contribution in [1.29, 1.82) is 0 Å². The Hall–Kier alpha value is 0.704. The van der Waals surface area contributed by atoms with Gasteiger partial charge >= 0.3 is 8.56 Å². The molecule has 0 saturated carbocycles. The Labute approximate surface area is 128 Å². The van der Waals surface area contributed by atoms with Gasteiger partial charge in [0.2, 0.25) is 0 Å². The minimum atomic E-state index is -2.01. The van der Waals surface area contributed by atoms with Crippen LogP contribution in [0, 0.1) is 0 Å². The third kappa shape index (κ3) is 5.91. The molecule has 2 nitrogen and oxygen atoms in total. The van der Waals surface area contributed by atoms with Gasteiger partial charge in [-0.15, -0.1) is 0 Å². The van der Waals surface area contributed by atoms with Crippen LogP contribution < -0.4 is 0 Å². The average molecular weight is 323 g/mol. The normalized spacial score (nSPS) is 17.2. The van der Waals surface area contributed by atoms with Crippen molar-refractivity contribution in [2.45, 2.75) is 77.5 Å². The summed E-state index contributed by atoms with van der Waals surface area (Å²) < 4.78 is 12.6. The number of hydrogen-bond acceptors (Lipinski definition) is 3. The molecule has 0 spiro atoms. The molecule has 0 bridgehead atoms. The van der Waals surface area contributed by atoms with Gasteiger partial charge in [-0.25, -0.2) is 0 Å². The largest absolute Gasteiger partial charge is 0.395 e. The molecule has 0 aliphatic carbocycles. The quantitative estimate of drug-likeness (QED) is 0.432. The Balaban J connectivity index is 4.81. The summed E-state index contributed by atoms with van der Waals surface area (Å²) in [4.78, 5) is 0. The second-order valence-electron chi connectivity index (χ2n) is 5.58. The highest BCUT2D eigenvalue weighted by Crippen LogP contribution is 2.30. The predicted molar refractivity (Wildman–Crippen MR) is 94.3 cm³/mol. The van der Waals surface area contributed by atoms with Crippen LogP contribution in [0.3, 0.4) is 0 Å². The van der Waals surface area contributed by atoms with E-state index < -0.39 is 16.6 Å². The van der Waals surface area contributed by atoms with Gasteiger partial charge < -0.3 is 8.85 Å². The fourth-order valence-corrected chi connectivity index (χ4v) is 10.9. The summed E-state index contributed by atoms with van der Waals surface area (Å²) in [5.41, 5.74) is 0.413. The van der Waals surface area contributed by atoms with E-state index in [0.29, 0.717) is 5.73 Å². The second kappa shape index (κ2) is 9.61. The zero-order valence-electron chi connectivity index (χ0n) is 13.8. The molecule has 2 atom stereocenters. The van der Waals surface area contributed by atoms with Gasteiger partial charge in [-0.05, 0) is 38.6 Å². The van der Waals surface area contributed by atoms with Crippen LogP contribution in [0.5, 0.6) is 0 Å². The summed E-state index contributed by atoms with van der Waals surface area (Å²) in [6.45, 7) is 14.4. The zero-order chi connectivity index (χ0) is 14.9. The third-order valence-corrected chi connectivity index (χ3v) is 14.3. The van der Waals surface area contributed by atoms with Gasteiger partial charge in [0.15, 0.2) is 0 Å². The first-order valence-corrected chi connectivity index (χ1v) is 13.7. The van der Waals surface area contributed by atoms with Gasteiger partial charge in [0, 0.05) is 12.3 Å². The van der Waals surface area contributed by atoms with Crippen LogP contribution in [0.4, 0.5) is 0 Å². The van der Waals surface area contributed by atoms with Gasteiger partial charge in [-0.3, -0.25) is 0 Å². The third-order valence-electron chi connectivity index (χ3n) is 4.64. The first kappa shape index (κ1) is 19.7. The number of rotatable bonds is 11. The van der Waals surface area contributed by atoms with Gasteiger partial charge in [-0.2, -0.15) is 12.6 Å². The fraction of sp³-hybridized carbons (Fsp3) is 1.00. The highest BCUT2D eigenvalue weighted by atomic mass is 32.1. The van der Waals surface area contributed by atoms with Crippen LogP contribution in [-0.2, 0) is 8.85 Å². The lowest BCUT2D eigenvalue weighted by Crippen LogP contribution is -2.52. The van der Waals surface area contributed by atoms with E-state index in [1.807, 2.05) is 0 Å². The first-order valence-electron chi connectivity index (χ1n) is 7.86. The highest BCUT2D eigenvalue weighted by molar-refractivity contribution is 7.80. The fourth-order valence-electron chi connectivity index (χ4n) is 2.98. The van der Waals surface area contributed by atoms with E-state index in [0.717, 1.165) is 24.8 Å². The topological polar surface area (TPSA) is 18.5 Å². The van der Waals surface area contributed by atoms with E-state index in [-0.39, 0.29) is 0 Å². The van der Waals surface area contributed by atoms with Crippen molar-refractivity contribution in [3.8, 4) is 0 Å². The Morgan fingerprint density at radius 2 is 1.58 bits per heavy atom. The van der Waals surface area contributed by atoms with Crippen LogP contribution in [0.1, 0.15) is 41.0 Å². The van der Waals surface area contributed by atoms with E-state index in [2.05, 4.69) is 53.8 Å². The minimum Gasteiger partial charge on any atom is -0.395 e. The maximum atomic E-state index is 6.56. The second-order valence-corrected chi connectivity index (χ2v) is 15.0. The van der Waals surface area contributed by atoms with E-state index in [1.54, 1.807) is 0 Å². The lowest BCUT2D eigenvalue weighted by atomic mass is 10.6. The van der Waals surface area contributed by atoms with Crippen LogP contribution >= 0.6 is 12.6 Å². The maximum Gasteiger partial charge on any atom is 0.334 e. The van der Waals surface area contributed by atoms with Crippen molar-refractivity contribution in [2.75, 3.05) is 12.4 Å². The average Bonchev–Trinajstić information content (AvgIpc) is 2.39. The Morgan fingerprint density at radius 3 is 1.95 bits per heavy atom. The molecule has 19 heavy (non-hydrogen) atoms. The molecule has 0 aromatic heterocycles. The summed E-state index contributed by atoms with van der Waals surface area (Å²) in [6.07, 6.45) is 1.09. The zero-order valence-corrected chi connectivity index (χ0v) is 16.7. The van der Waals surface area contributed by atoms with E-state index in [9.17, 15) is 0 Å². The van der Waals surface area contributed by atoms with Gasteiger partial charge in [-0.1, -0.05) is 38.9 Å². The molecule has 2 unspecified atom stereocenters. The highest BCUT2D eigenvalue weighted by Gasteiger charge is 2.40. The molecule has 0 aromatic carbocycles. The molecule has 0 N–H and O–H groups in total. The standard InChI is InChI=1S/C14H34O2SSi2/c1-7-15-18(6,13-11-12-17)16-14(5)19(8-2,9-3)10-4/h14,17H,7-13H2,1-6H3. The SMILES string of the molecule is CCO[Si](C)(CCCS)OC(C)[Si](CC)(CC)CC. The molecule has 5 heteroatoms. The maximum absolute atomic E-state index is 6.56. The Bertz CT molecular complexity index is 229. The number of thiol groups is 1. The van der Waals surface area contributed by atoms with Crippen molar-refractivity contribution in [3.63, 3.8) is 0 Å². The van der Waals surface area contributed by atoms with Crippen molar-refractivity contribution in [1.82, 2.24) is 0 Å². The summed E-state index contributed by atoms with van der Waals surface area (Å²) in [7, 11) is -3.29. The molecule has 0 radical (unpaired) electrons. The lowest BCUT2D eigenvalue weighted by Gasteiger charge is -2.40. The summed E-state index contributed by atoms with van der Waals surface area (Å²) >= 11 is 4.32. The molecule has 0 saturated heterocycles. The molecule has 0 heterocycles. The van der Waals surface area contributed by atoms with Crippen molar-refractivity contribution in [2.24, 2.45) is 0 Å². The Morgan fingerprint density at radius 1 is 1.05 bits per heavy atom.